The lowest BCUT2D eigenvalue weighted by atomic mass is 10.1. The first kappa shape index (κ1) is 14.5. The highest BCUT2D eigenvalue weighted by atomic mass is 15.1. The molecule has 0 atom stereocenters. The fraction of sp³-hybridized carbons (Fsp3) is 0.688. The lowest BCUT2D eigenvalue weighted by Crippen LogP contribution is -2.35. The summed E-state index contributed by atoms with van der Waals surface area (Å²) in [4.78, 5) is 7.10. The van der Waals surface area contributed by atoms with Crippen molar-refractivity contribution in [3.63, 3.8) is 0 Å². The minimum Gasteiger partial charge on any atom is -0.308 e. The molecule has 2 heterocycles. The molecule has 0 aromatic carbocycles. The number of nitrogens with one attached hydrogen (secondary N) is 1. The number of likely N-dealkylation sites (tertiary alicyclic amines) is 1. The Bertz CT molecular complexity index is 372. The Labute approximate surface area is 117 Å². The third-order valence-corrected chi connectivity index (χ3v) is 3.54. The van der Waals surface area contributed by atoms with E-state index in [4.69, 9.17) is 0 Å². The minimum atomic E-state index is 0.159. The molecule has 3 heteroatoms. The molecule has 1 aromatic rings. The van der Waals surface area contributed by atoms with E-state index in [0.717, 1.165) is 13.1 Å². The van der Waals surface area contributed by atoms with Gasteiger partial charge in [0.2, 0.25) is 0 Å². The Morgan fingerprint density at radius 2 is 1.89 bits per heavy atom. The van der Waals surface area contributed by atoms with Crippen molar-refractivity contribution >= 4 is 0 Å². The molecule has 19 heavy (non-hydrogen) atoms. The Balaban J connectivity index is 1.83. The molecule has 1 N–H and O–H groups in total. The molecule has 1 aromatic heterocycles. The second-order valence-corrected chi connectivity index (χ2v) is 6.60. The topological polar surface area (TPSA) is 28.2 Å². The van der Waals surface area contributed by atoms with Crippen LogP contribution in [-0.4, -0.2) is 28.5 Å². The quantitative estimate of drug-likeness (QED) is 0.903. The first-order chi connectivity index (χ1) is 9.03. The number of hydrogen-bond donors (Lipinski definition) is 1. The molecule has 3 nitrogen and oxygen atoms in total. The summed E-state index contributed by atoms with van der Waals surface area (Å²) in [7, 11) is 0. The van der Waals surface area contributed by atoms with Gasteiger partial charge >= 0.3 is 0 Å². The Hall–Kier alpha value is -0.930. The summed E-state index contributed by atoms with van der Waals surface area (Å²) in [5, 5.41) is 3.49. The van der Waals surface area contributed by atoms with Crippen LogP contribution >= 0.6 is 0 Å². The van der Waals surface area contributed by atoms with E-state index in [2.05, 4.69) is 48.1 Å². The third kappa shape index (κ3) is 5.29. The lowest BCUT2D eigenvalue weighted by molar-refractivity contribution is 0.218. The van der Waals surface area contributed by atoms with Gasteiger partial charge in [0.1, 0.15) is 0 Å². The number of aromatic nitrogens is 1. The van der Waals surface area contributed by atoms with Gasteiger partial charge in [-0.05, 0) is 58.3 Å². The second kappa shape index (κ2) is 6.49. The molecule has 0 unspecified atom stereocenters. The van der Waals surface area contributed by atoms with Crippen LogP contribution in [0.1, 0.15) is 51.3 Å². The summed E-state index contributed by atoms with van der Waals surface area (Å²) in [5.41, 5.74) is 2.62. The van der Waals surface area contributed by atoms with E-state index >= 15 is 0 Å². The molecule has 0 saturated carbocycles. The molecule has 0 amide bonds. The van der Waals surface area contributed by atoms with Crippen LogP contribution in [0, 0.1) is 0 Å². The van der Waals surface area contributed by atoms with Crippen molar-refractivity contribution in [2.45, 2.75) is 58.7 Å². The van der Waals surface area contributed by atoms with Crippen LogP contribution in [0.15, 0.2) is 18.3 Å². The number of hydrogen-bond acceptors (Lipinski definition) is 3. The van der Waals surface area contributed by atoms with Gasteiger partial charge in [0.05, 0.1) is 5.69 Å². The average Bonchev–Trinajstić information content (AvgIpc) is 2.38. The molecular formula is C16H27N3. The van der Waals surface area contributed by atoms with Gasteiger partial charge in [0.15, 0.2) is 0 Å². The Morgan fingerprint density at radius 1 is 1.16 bits per heavy atom. The maximum Gasteiger partial charge on any atom is 0.0544 e. The van der Waals surface area contributed by atoms with Crippen molar-refractivity contribution in [2.24, 2.45) is 0 Å². The van der Waals surface area contributed by atoms with Crippen molar-refractivity contribution in [2.75, 3.05) is 13.1 Å². The molecule has 2 rings (SSSR count). The summed E-state index contributed by atoms with van der Waals surface area (Å²) < 4.78 is 0. The molecule has 0 radical (unpaired) electrons. The van der Waals surface area contributed by atoms with Crippen molar-refractivity contribution in [3.8, 4) is 0 Å². The van der Waals surface area contributed by atoms with E-state index in [9.17, 15) is 0 Å². The summed E-state index contributed by atoms with van der Waals surface area (Å²) >= 11 is 0. The van der Waals surface area contributed by atoms with Gasteiger partial charge in [-0.2, -0.15) is 0 Å². The van der Waals surface area contributed by atoms with Crippen LogP contribution in [0.2, 0.25) is 0 Å². The van der Waals surface area contributed by atoms with E-state index in [0.29, 0.717) is 0 Å². The summed E-state index contributed by atoms with van der Waals surface area (Å²) in [5.74, 6) is 0. The molecule has 0 bridgehead atoms. The molecule has 1 saturated heterocycles. The van der Waals surface area contributed by atoms with E-state index in [1.807, 2.05) is 6.20 Å². The molecule has 1 fully saturated rings. The zero-order chi connectivity index (χ0) is 13.7. The molecule has 106 valence electrons. The number of rotatable bonds is 4. The zero-order valence-corrected chi connectivity index (χ0v) is 12.6. The van der Waals surface area contributed by atoms with Gasteiger partial charge in [-0.25, -0.2) is 0 Å². The standard InChI is InChI=1S/C16H27N3/c1-16(2,3)18-12-14-7-8-15(17-11-14)13-19-9-5-4-6-10-19/h7-8,11,18H,4-6,9-10,12-13H2,1-3H3. The van der Waals surface area contributed by atoms with Gasteiger partial charge in [0.25, 0.3) is 0 Å². The summed E-state index contributed by atoms with van der Waals surface area (Å²) in [6, 6.07) is 4.37. The highest BCUT2D eigenvalue weighted by Crippen LogP contribution is 2.12. The van der Waals surface area contributed by atoms with Gasteiger partial charge in [0, 0.05) is 24.8 Å². The van der Waals surface area contributed by atoms with Crippen molar-refractivity contribution in [1.29, 1.82) is 0 Å². The minimum absolute atomic E-state index is 0.159. The van der Waals surface area contributed by atoms with Crippen LogP contribution in [0.5, 0.6) is 0 Å². The molecular weight excluding hydrogens is 234 g/mol. The largest absolute Gasteiger partial charge is 0.308 e. The van der Waals surface area contributed by atoms with Gasteiger partial charge < -0.3 is 5.32 Å². The van der Waals surface area contributed by atoms with Gasteiger partial charge in [-0.1, -0.05) is 12.5 Å². The van der Waals surface area contributed by atoms with Crippen molar-refractivity contribution in [1.82, 2.24) is 15.2 Å². The van der Waals surface area contributed by atoms with Crippen LogP contribution in [0.3, 0.4) is 0 Å². The normalized spacial score (nSPS) is 17.6. The zero-order valence-electron chi connectivity index (χ0n) is 12.6. The highest BCUT2D eigenvalue weighted by Gasteiger charge is 2.11. The average molecular weight is 261 g/mol. The predicted molar refractivity (Wildman–Crippen MR) is 80.0 cm³/mol. The fourth-order valence-electron chi connectivity index (χ4n) is 2.37. The van der Waals surface area contributed by atoms with Gasteiger partial charge in [-0.3, -0.25) is 9.88 Å². The Kier molecular flexibility index (Phi) is 4.94. The van der Waals surface area contributed by atoms with Gasteiger partial charge in [-0.15, -0.1) is 0 Å². The molecule has 1 aliphatic rings. The summed E-state index contributed by atoms with van der Waals surface area (Å²) in [6.07, 6.45) is 6.08. The summed E-state index contributed by atoms with van der Waals surface area (Å²) in [6.45, 7) is 10.9. The van der Waals surface area contributed by atoms with E-state index < -0.39 is 0 Å². The van der Waals surface area contributed by atoms with Crippen molar-refractivity contribution in [3.05, 3.63) is 29.6 Å². The SMILES string of the molecule is CC(C)(C)NCc1ccc(CN2CCCCC2)nc1. The first-order valence-corrected chi connectivity index (χ1v) is 7.44. The predicted octanol–water partition coefficient (Wildman–Crippen LogP) is 2.96. The molecule has 0 aliphatic carbocycles. The fourth-order valence-corrected chi connectivity index (χ4v) is 2.37. The van der Waals surface area contributed by atoms with Crippen LogP contribution in [-0.2, 0) is 13.1 Å². The van der Waals surface area contributed by atoms with Crippen LogP contribution in [0.25, 0.3) is 0 Å². The van der Waals surface area contributed by atoms with E-state index in [1.165, 1.54) is 43.6 Å². The maximum absolute atomic E-state index is 4.59. The number of nitrogens with zero attached hydrogens (tertiary/aromatic N) is 2. The third-order valence-electron chi connectivity index (χ3n) is 3.54. The number of pyridine rings is 1. The molecule has 0 spiro atoms. The monoisotopic (exact) mass is 261 g/mol. The smallest absolute Gasteiger partial charge is 0.0544 e. The van der Waals surface area contributed by atoms with E-state index in [-0.39, 0.29) is 5.54 Å². The second-order valence-electron chi connectivity index (χ2n) is 6.60. The number of piperidine rings is 1. The maximum atomic E-state index is 4.59. The Morgan fingerprint density at radius 3 is 2.47 bits per heavy atom. The van der Waals surface area contributed by atoms with Crippen LogP contribution < -0.4 is 5.32 Å². The highest BCUT2D eigenvalue weighted by molar-refractivity contribution is 5.14. The lowest BCUT2D eigenvalue weighted by Gasteiger charge is -2.26. The van der Waals surface area contributed by atoms with E-state index in [1.54, 1.807) is 0 Å². The van der Waals surface area contributed by atoms with Crippen LogP contribution in [0.4, 0.5) is 0 Å². The van der Waals surface area contributed by atoms with Crippen molar-refractivity contribution < 1.29 is 0 Å². The first-order valence-electron chi connectivity index (χ1n) is 7.44. The molecule has 1 aliphatic heterocycles.